The highest BCUT2D eigenvalue weighted by molar-refractivity contribution is 5.79. The maximum absolute atomic E-state index is 13.1. The molecule has 0 bridgehead atoms. The number of benzene rings is 1. The smallest absolute Gasteiger partial charge is 0.225 e. The number of unbranched alkanes of at least 4 members (excludes halogenated alkanes) is 1. The molecule has 0 N–H and O–H groups in total. The van der Waals surface area contributed by atoms with Gasteiger partial charge in [-0.2, -0.15) is 0 Å². The fourth-order valence-electron chi connectivity index (χ4n) is 5.34. The quantitative estimate of drug-likeness (QED) is 0.610. The zero-order valence-electron chi connectivity index (χ0n) is 20.0. The Bertz CT molecular complexity index is 894. The van der Waals surface area contributed by atoms with Crippen molar-refractivity contribution in [3.63, 3.8) is 0 Å². The van der Waals surface area contributed by atoms with Gasteiger partial charge in [-0.05, 0) is 63.1 Å². The van der Waals surface area contributed by atoms with Gasteiger partial charge in [0.1, 0.15) is 0 Å². The third-order valence-electron chi connectivity index (χ3n) is 7.39. The number of carbonyl (C=O) groups excluding carboxylic acids is 1. The number of rotatable bonds is 6. The Hall–Kier alpha value is -2.43. The normalized spacial score (nSPS) is 21.6. The molecule has 1 saturated heterocycles. The molecule has 1 saturated carbocycles. The first-order valence-electron chi connectivity index (χ1n) is 12.5. The first-order chi connectivity index (χ1) is 15.5. The summed E-state index contributed by atoms with van der Waals surface area (Å²) in [6.07, 6.45) is 8.59. The highest BCUT2D eigenvalue weighted by Gasteiger charge is 2.31. The minimum atomic E-state index is 0.247. The van der Waals surface area contributed by atoms with Crippen molar-refractivity contribution in [1.29, 1.82) is 0 Å². The van der Waals surface area contributed by atoms with Crippen molar-refractivity contribution in [3.05, 3.63) is 41.5 Å². The predicted octanol–water partition coefficient (Wildman–Crippen LogP) is 5.41. The van der Waals surface area contributed by atoms with E-state index in [1.807, 2.05) is 0 Å². The van der Waals surface area contributed by atoms with Crippen LogP contribution >= 0.6 is 0 Å². The van der Waals surface area contributed by atoms with Crippen molar-refractivity contribution < 1.29 is 4.79 Å². The molecule has 2 aromatic rings. The van der Waals surface area contributed by atoms with Crippen molar-refractivity contribution >= 4 is 11.7 Å². The summed E-state index contributed by atoms with van der Waals surface area (Å²) >= 11 is 0. The molecule has 5 heteroatoms. The van der Waals surface area contributed by atoms with Gasteiger partial charge in [0.05, 0.1) is 5.69 Å². The molecule has 0 unspecified atom stereocenters. The second-order valence-corrected chi connectivity index (χ2v) is 9.77. The van der Waals surface area contributed by atoms with Gasteiger partial charge in [-0.15, -0.1) is 10.2 Å². The SMILES string of the molecule is CCCCC1CCC(C(=O)N2CCN(c3ccc(-c4ccc(C)cc4C)nn3)CC2)CC1. The van der Waals surface area contributed by atoms with E-state index >= 15 is 0 Å². The Balaban J connectivity index is 1.29. The number of anilines is 1. The van der Waals surface area contributed by atoms with E-state index in [4.69, 9.17) is 0 Å². The zero-order valence-corrected chi connectivity index (χ0v) is 20.0. The summed E-state index contributed by atoms with van der Waals surface area (Å²) in [6.45, 7) is 9.72. The number of amides is 1. The van der Waals surface area contributed by atoms with Gasteiger partial charge >= 0.3 is 0 Å². The molecule has 1 aliphatic carbocycles. The molecule has 4 rings (SSSR count). The topological polar surface area (TPSA) is 49.3 Å². The van der Waals surface area contributed by atoms with Gasteiger partial charge in [-0.1, -0.05) is 49.9 Å². The van der Waals surface area contributed by atoms with Crippen LogP contribution in [0.15, 0.2) is 30.3 Å². The third kappa shape index (κ3) is 5.31. The molecule has 1 aromatic heterocycles. The van der Waals surface area contributed by atoms with E-state index in [0.717, 1.165) is 62.0 Å². The summed E-state index contributed by atoms with van der Waals surface area (Å²) in [5, 5.41) is 9.01. The van der Waals surface area contributed by atoms with Crippen LogP contribution in [0, 0.1) is 25.7 Å². The molecule has 0 atom stereocenters. The van der Waals surface area contributed by atoms with E-state index < -0.39 is 0 Å². The van der Waals surface area contributed by atoms with E-state index in [9.17, 15) is 4.79 Å². The molecule has 5 nitrogen and oxygen atoms in total. The number of piperazine rings is 1. The predicted molar refractivity (Wildman–Crippen MR) is 131 cm³/mol. The molecule has 2 fully saturated rings. The Morgan fingerprint density at radius 1 is 0.969 bits per heavy atom. The van der Waals surface area contributed by atoms with E-state index in [0.29, 0.717) is 5.91 Å². The minimum absolute atomic E-state index is 0.247. The van der Waals surface area contributed by atoms with Gasteiger partial charge in [-0.25, -0.2) is 0 Å². The lowest BCUT2D eigenvalue weighted by molar-refractivity contribution is -0.137. The average molecular weight is 435 g/mol. The van der Waals surface area contributed by atoms with Crippen LogP contribution in [0.1, 0.15) is 63.0 Å². The van der Waals surface area contributed by atoms with Crippen LogP contribution in [0.3, 0.4) is 0 Å². The van der Waals surface area contributed by atoms with Gasteiger partial charge in [0, 0.05) is 37.7 Å². The Labute approximate surface area is 193 Å². The fraction of sp³-hybridized carbons (Fsp3) is 0.593. The second kappa shape index (κ2) is 10.5. The van der Waals surface area contributed by atoms with Gasteiger partial charge < -0.3 is 9.80 Å². The molecule has 2 heterocycles. The molecule has 0 radical (unpaired) electrons. The Kier molecular flexibility index (Phi) is 7.44. The lowest BCUT2D eigenvalue weighted by Gasteiger charge is -2.38. The summed E-state index contributed by atoms with van der Waals surface area (Å²) in [5.74, 6) is 2.38. The van der Waals surface area contributed by atoms with Crippen LogP contribution in [0.4, 0.5) is 5.82 Å². The van der Waals surface area contributed by atoms with Gasteiger partial charge in [-0.3, -0.25) is 4.79 Å². The second-order valence-electron chi connectivity index (χ2n) is 9.77. The monoisotopic (exact) mass is 434 g/mol. The number of hydrogen-bond donors (Lipinski definition) is 0. The van der Waals surface area contributed by atoms with E-state index in [-0.39, 0.29) is 5.92 Å². The zero-order chi connectivity index (χ0) is 22.5. The molecule has 0 spiro atoms. The van der Waals surface area contributed by atoms with Gasteiger partial charge in [0.15, 0.2) is 5.82 Å². The van der Waals surface area contributed by atoms with Crippen LogP contribution in [0.5, 0.6) is 0 Å². The van der Waals surface area contributed by atoms with Crippen molar-refractivity contribution in [3.8, 4) is 11.3 Å². The van der Waals surface area contributed by atoms with Crippen LogP contribution in [-0.4, -0.2) is 47.2 Å². The summed E-state index contributed by atoms with van der Waals surface area (Å²) in [7, 11) is 0. The third-order valence-corrected chi connectivity index (χ3v) is 7.39. The Morgan fingerprint density at radius 2 is 1.72 bits per heavy atom. The van der Waals surface area contributed by atoms with Crippen LogP contribution < -0.4 is 4.90 Å². The summed E-state index contributed by atoms with van der Waals surface area (Å²) < 4.78 is 0. The maximum atomic E-state index is 13.1. The maximum Gasteiger partial charge on any atom is 0.225 e. The van der Waals surface area contributed by atoms with Crippen molar-refractivity contribution in [2.24, 2.45) is 11.8 Å². The number of nitrogens with zero attached hydrogens (tertiary/aromatic N) is 4. The molecule has 172 valence electrons. The molecule has 32 heavy (non-hydrogen) atoms. The van der Waals surface area contributed by atoms with Crippen molar-refractivity contribution in [2.45, 2.75) is 65.7 Å². The summed E-state index contributed by atoms with van der Waals surface area (Å²) in [6, 6.07) is 10.5. The van der Waals surface area contributed by atoms with Crippen LogP contribution in [0.2, 0.25) is 0 Å². The van der Waals surface area contributed by atoms with E-state index in [2.05, 4.69) is 71.1 Å². The van der Waals surface area contributed by atoms with Gasteiger partial charge in [0.25, 0.3) is 0 Å². The number of hydrogen-bond acceptors (Lipinski definition) is 4. The first-order valence-corrected chi connectivity index (χ1v) is 12.5. The van der Waals surface area contributed by atoms with E-state index in [1.54, 1.807) is 0 Å². The highest BCUT2D eigenvalue weighted by atomic mass is 16.2. The summed E-state index contributed by atoms with van der Waals surface area (Å²) in [4.78, 5) is 17.4. The number of aromatic nitrogens is 2. The Morgan fingerprint density at radius 3 is 2.34 bits per heavy atom. The fourth-order valence-corrected chi connectivity index (χ4v) is 5.34. The first kappa shape index (κ1) is 22.8. The standard InChI is InChI=1S/C27H38N4O/c1-4-5-6-22-8-10-23(11-9-22)27(32)31-17-15-30(16-18-31)26-14-13-25(28-29-26)24-12-7-20(2)19-21(24)3/h7,12-14,19,22-23H,4-6,8-11,15-18H2,1-3H3. The number of aryl methyl sites for hydroxylation is 2. The molecule has 2 aliphatic rings. The molecule has 1 aliphatic heterocycles. The van der Waals surface area contributed by atoms with Crippen molar-refractivity contribution in [2.75, 3.05) is 31.1 Å². The molecular weight excluding hydrogens is 396 g/mol. The molecule has 1 amide bonds. The van der Waals surface area contributed by atoms with Crippen LogP contribution in [0.25, 0.3) is 11.3 Å². The average Bonchev–Trinajstić information content (AvgIpc) is 2.83. The lowest BCUT2D eigenvalue weighted by Crippen LogP contribution is -2.51. The van der Waals surface area contributed by atoms with Crippen molar-refractivity contribution in [1.82, 2.24) is 15.1 Å². The largest absolute Gasteiger partial charge is 0.352 e. The summed E-state index contributed by atoms with van der Waals surface area (Å²) in [5.41, 5.74) is 4.52. The molecule has 1 aromatic carbocycles. The van der Waals surface area contributed by atoms with E-state index in [1.165, 1.54) is 43.2 Å². The lowest BCUT2D eigenvalue weighted by atomic mass is 9.79. The van der Waals surface area contributed by atoms with Crippen LogP contribution in [-0.2, 0) is 4.79 Å². The number of carbonyl (C=O) groups is 1. The van der Waals surface area contributed by atoms with Gasteiger partial charge in [0.2, 0.25) is 5.91 Å². The highest BCUT2D eigenvalue weighted by Crippen LogP contribution is 2.33. The molecular formula is C27H38N4O. The minimum Gasteiger partial charge on any atom is -0.352 e.